The Kier molecular flexibility index (Phi) is 4.54. The third-order valence-electron chi connectivity index (χ3n) is 2.76. The van der Waals surface area contributed by atoms with Crippen LogP contribution in [0.2, 0.25) is 0 Å². The maximum atomic E-state index is 11.9. The molecule has 5 heteroatoms. The van der Waals surface area contributed by atoms with E-state index in [9.17, 15) is 4.79 Å². The van der Waals surface area contributed by atoms with Gasteiger partial charge in [-0.1, -0.05) is 18.2 Å². The maximum Gasteiger partial charge on any atom is 0.242 e. The van der Waals surface area contributed by atoms with Crippen LogP contribution < -0.4 is 15.8 Å². The van der Waals surface area contributed by atoms with Gasteiger partial charge in [-0.3, -0.25) is 4.79 Å². The number of hydrogen-bond donors (Lipinski definition) is 2. The number of nitrogens with one attached hydrogen (secondary N) is 1. The number of methoxy groups -OCH3 is 1. The zero-order valence-corrected chi connectivity index (χ0v) is 11.4. The summed E-state index contributed by atoms with van der Waals surface area (Å²) in [7, 11) is 1.62. The molecule has 0 bridgehead atoms. The number of ether oxygens (including phenoxy) is 1. The molecule has 0 saturated heterocycles. The van der Waals surface area contributed by atoms with Gasteiger partial charge in [0.05, 0.1) is 7.11 Å². The molecule has 0 aliphatic carbocycles. The molecule has 0 aliphatic heterocycles. The highest BCUT2D eigenvalue weighted by molar-refractivity contribution is 7.10. The fourth-order valence-corrected chi connectivity index (χ4v) is 2.37. The molecule has 0 radical (unpaired) electrons. The lowest BCUT2D eigenvalue weighted by Gasteiger charge is -2.11. The molecule has 0 saturated carbocycles. The zero-order valence-electron chi connectivity index (χ0n) is 10.6. The van der Waals surface area contributed by atoms with Crippen molar-refractivity contribution in [2.45, 2.75) is 12.6 Å². The van der Waals surface area contributed by atoms with E-state index in [4.69, 9.17) is 10.5 Å². The van der Waals surface area contributed by atoms with Crippen molar-refractivity contribution in [3.63, 3.8) is 0 Å². The topological polar surface area (TPSA) is 64.3 Å². The molecule has 1 heterocycles. The molecule has 19 heavy (non-hydrogen) atoms. The summed E-state index contributed by atoms with van der Waals surface area (Å²) >= 11 is 1.48. The lowest BCUT2D eigenvalue weighted by Crippen LogP contribution is -2.33. The first kappa shape index (κ1) is 13.6. The molecular weight excluding hydrogens is 260 g/mol. The van der Waals surface area contributed by atoms with Crippen LogP contribution in [-0.2, 0) is 11.3 Å². The van der Waals surface area contributed by atoms with Crippen LogP contribution in [0.25, 0.3) is 0 Å². The van der Waals surface area contributed by atoms with E-state index in [-0.39, 0.29) is 5.91 Å². The maximum absolute atomic E-state index is 11.9. The first-order valence-electron chi connectivity index (χ1n) is 5.90. The van der Waals surface area contributed by atoms with Crippen LogP contribution in [0, 0.1) is 0 Å². The summed E-state index contributed by atoms with van der Waals surface area (Å²) < 4.78 is 5.08. The fourth-order valence-electron chi connectivity index (χ4n) is 1.64. The van der Waals surface area contributed by atoms with Gasteiger partial charge in [0.25, 0.3) is 0 Å². The van der Waals surface area contributed by atoms with Gasteiger partial charge in [-0.25, -0.2) is 0 Å². The summed E-state index contributed by atoms with van der Waals surface area (Å²) in [5.41, 5.74) is 6.88. The summed E-state index contributed by atoms with van der Waals surface area (Å²) in [5.74, 6) is 0.628. The Morgan fingerprint density at radius 2 is 2.11 bits per heavy atom. The smallest absolute Gasteiger partial charge is 0.242 e. The highest BCUT2D eigenvalue weighted by atomic mass is 32.1. The first-order chi connectivity index (χ1) is 9.20. The van der Waals surface area contributed by atoms with Crippen molar-refractivity contribution in [3.05, 3.63) is 52.2 Å². The second-order valence-corrected chi connectivity index (χ2v) is 5.04. The molecule has 4 nitrogen and oxygen atoms in total. The van der Waals surface area contributed by atoms with Crippen LogP contribution in [0.15, 0.2) is 41.8 Å². The number of benzene rings is 1. The lowest BCUT2D eigenvalue weighted by atomic mass is 10.2. The van der Waals surface area contributed by atoms with Crippen molar-refractivity contribution in [3.8, 4) is 5.75 Å². The lowest BCUT2D eigenvalue weighted by molar-refractivity contribution is -0.122. The third-order valence-corrected chi connectivity index (χ3v) is 3.71. The standard InChI is InChI=1S/C14H16N2O2S/c1-18-11-6-4-10(5-7-11)9-16-14(17)13(15)12-3-2-8-19-12/h2-8,13H,9,15H2,1H3,(H,16,17). The molecule has 1 aromatic heterocycles. The number of carbonyl (C=O) groups is 1. The van der Waals surface area contributed by atoms with E-state index in [2.05, 4.69) is 5.32 Å². The van der Waals surface area contributed by atoms with Gasteiger partial charge in [-0.05, 0) is 29.1 Å². The van der Waals surface area contributed by atoms with Crippen molar-refractivity contribution < 1.29 is 9.53 Å². The van der Waals surface area contributed by atoms with Crippen LogP contribution in [0.1, 0.15) is 16.5 Å². The van der Waals surface area contributed by atoms with Gasteiger partial charge >= 0.3 is 0 Å². The predicted molar refractivity (Wildman–Crippen MR) is 76.1 cm³/mol. The minimum Gasteiger partial charge on any atom is -0.497 e. The summed E-state index contributed by atoms with van der Waals surface area (Å²) in [5, 5.41) is 4.74. The SMILES string of the molecule is COc1ccc(CNC(=O)C(N)c2cccs2)cc1. The van der Waals surface area contributed by atoms with E-state index in [1.807, 2.05) is 41.8 Å². The largest absolute Gasteiger partial charge is 0.497 e. The molecule has 0 spiro atoms. The van der Waals surface area contributed by atoms with Crippen molar-refractivity contribution in [1.82, 2.24) is 5.32 Å². The fraction of sp³-hybridized carbons (Fsp3) is 0.214. The number of amides is 1. The molecule has 3 N–H and O–H groups in total. The second kappa shape index (κ2) is 6.36. The van der Waals surface area contributed by atoms with E-state index in [0.717, 1.165) is 16.2 Å². The van der Waals surface area contributed by atoms with Crippen molar-refractivity contribution >= 4 is 17.2 Å². The third kappa shape index (κ3) is 3.56. The normalized spacial score (nSPS) is 11.9. The van der Waals surface area contributed by atoms with Gasteiger partial charge in [-0.15, -0.1) is 11.3 Å². The monoisotopic (exact) mass is 276 g/mol. The highest BCUT2D eigenvalue weighted by Gasteiger charge is 2.15. The Labute approximate surface area is 116 Å². The van der Waals surface area contributed by atoms with Gasteiger partial charge in [0.15, 0.2) is 0 Å². The van der Waals surface area contributed by atoms with E-state index in [0.29, 0.717) is 6.54 Å². The van der Waals surface area contributed by atoms with Crippen LogP contribution in [0.4, 0.5) is 0 Å². The Bertz CT molecular complexity index is 523. The minimum absolute atomic E-state index is 0.168. The van der Waals surface area contributed by atoms with Crippen LogP contribution in [-0.4, -0.2) is 13.0 Å². The first-order valence-corrected chi connectivity index (χ1v) is 6.78. The van der Waals surface area contributed by atoms with Crippen LogP contribution in [0.3, 0.4) is 0 Å². The van der Waals surface area contributed by atoms with Crippen molar-refractivity contribution in [2.75, 3.05) is 7.11 Å². The summed E-state index contributed by atoms with van der Waals surface area (Å²) in [6, 6.07) is 10.7. The predicted octanol–water partition coefficient (Wildman–Crippen LogP) is 2.07. The molecule has 100 valence electrons. The van der Waals surface area contributed by atoms with Crippen LogP contribution in [0.5, 0.6) is 5.75 Å². The Hall–Kier alpha value is -1.85. The molecule has 1 atom stereocenters. The van der Waals surface area contributed by atoms with Gasteiger partial charge in [0, 0.05) is 11.4 Å². The number of rotatable bonds is 5. The molecule has 1 amide bonds. The zero-order chi connectivity index (χ0) is 13.7. The molecule has 2 rings (SSSR count). The van der Waals surface area contributed by atoms with Crippen molar-refractivity contribution in [1.29, 1.82) is 0 Å². The Morgan fingerprint density at radius 1 is 1.37 bits per heavy atom. The second-order valence-electron chi connectivity index (χ2n) is 4.06. The van der Waals surface area contributed by atoms with Gasteiger partial charge in [0.1, 0.15) is 11.8 Å². The molecule has 1 aromatic carbocycles. The average Bonchev–Trinajstić information content (AvgIpc) is 2.98. The number of thiophene rings is 1. The molecule has 1 unspecified atom stereocenters. The van der Waals surface area contributed by atoms with E-state index in [1.54, 1.807) is 7.11 Å². The van der Waals surface area contributed by atoms with E-state index >= 15 is 0 Å². The Balaban J connectivity index is 1.89. The van der Waals surface area contributed by atoms with Gasteiger partial charge < -0.3 is 15.8 Å². The van der Waals surface area contributed by atoms with Gasteiger partial charge in [0.2, 0.25) is 5.91 Å². The van der Waals surface area contributed by atoms with E-state index in [1.165, 1.54) is 11.3 Å². The molecule has 0 aliphatic rings. The number of hydrogen-bond acceptors (Lipinski definition) is 4. The van der Waals surface area contributed by atoms with Crippen LogP contribution >= 0.6 is 11.3 Å². The average molecular weight is 276 g/mol. The quantitative estimate of drug-likeness (QED) is 0.878. The van der Waals surface area contributed by atoms with Gasteiger partial charge in [-0.2, -0.15) is 0 Å². The minimum atomic E-state index is -0.599. The number of nitrogens with two attached hydrogens (primary N) is 1. The molecule has 0 fully saturated rings. The van der Waals surface area contributed by atoms with Crippen molar-refractivity contribution in [2.24, 2.45) is 5.73 Å². The highest BCUT2D eigenvalue weighted by Crippen LogP contribution is 2.17. The molecular formula is C14H16N2O2S. The summed E-state index contributed by atoms with van der Waals surface area (Å²) in [6.07, 6.45) is 0. The van der Waals surface area contributed by atoms with E-state index < -0.39 is 6.04 Å². The summed E-state index contributed by atoms with van der Waals surface area (Å²) in [4.78, 5) is 12.8. The summed E-state index contributed by atoms with van der Waals surface area (Å²) in [6.45, 7) is 0.460. The molecule has 2 aromatic rings. The number of carbonyl (C=O) groups excluding carboxylic acids is 1. The Morgan fingerprint density at radius 3 is 2.68 bits per heavy atom.